The number of hydrogen-bond donors (Lipinski definition) is 0. The predicted octanol–water partition coefficient (Wildman–Crippen LogP) is 7.31. The Kier molecular flexibility index (Phi) is 14.8. The molecule has 1 amide bonds. The first-order valence-corrected chi connectivity index (χ1v) is 21.8. The molecule has 0 bridgehead atoms. The van der Waals surface area contributed by atoms with Gasteiger partial charge in [-0.1, -0.05) is 48.6 Å². The summed E-state index contributed by atoms with van der Waals surface area (Å²) in [7, 11) is 0. The second-order valence-electron chi connectivity index (χ2n) is 18.1. The first-order chi connectivity index (χ1) is 29.4. The highest BCUT2D eigenvalue weighted by atomic mass is 16.7. The lowest BCUT2D eigenvalue weighted by Gasteiger charge is -2.47. The van der Waals surface area contributed by atoms with Crippen LogP contribution in [-0.4, -0.2) is 114 Å². The van der Waals surface area contributed by atoms with Gasteiger partial charge in [-0.25, -0.2) is 4.79 Å². The quantitative estimate of drug-likeness (QED) is 0.133. The number of nitrogens with zero attached hydrogens (tertiary/aromatic N) is 3. The van der Waals surface area contributed by atoms with Crippen LogP contribution in [0, 0.1) is 12.3 Å². The minimum absolute atomic E-state index is 0.204. The SMILES string of the molecule is CC(=O)OC[C@H]1O[C@@H](n2cc(Cc3ccc(/C=C/CCN4CCCC5(CCN(C(=O)OC(C)(C)C)CC5)C4)cc3)c3c(C)cccc32)[C@H](OC(C)=O)[C@@H](OC(C)=O)[C@@H]1OC(C)=O. The van der Waals surface area contributed by atoms with E-state index in [1.807, 2.05) is 61.6 Å². The summed E-state index contributed by atoms with van der Waals surface area (Å²) in [6.07, 6.45) is 6.21. The van der Waals surface area contributed by atoms with Crippen molar-refractivity contribution >= 4 is 46.9 Å². The fourth-order valence-electron chi connectivity index (χ4n) is 9.20. The highest BCUT2D eigenvalue weighted by molar-refractivity contribution is 5.87. The van der Waals surface area contributed by atoms with Crippen LogP contribution < -0.4 is 0 Å². The zero-order chi connectivity index (χ0) is 44.8. The lowest BCUT2D eigenvalue weighted by molar-refractivity contribution is -0.267. The van der Waals surface area contributed by atoms with Crippen LogP contribution in [0.4, 0.5) is 4.79 Å². The topological polar surface area (TPSA) is 152 Å². The second-order valence-corrected chi connectivity index (χ2v) is 18.1. The van der Waals surface area contributed by atoms with Crippen molar-refractivity contribution in [3.8, 4) is 0 Å². The molecule has 3 fully saturated rings. The summed E-state index contributed by atoms with van der Waals surface area (Å²) in [6, 6.07) is 14.4. The first-order valence-electron chi connectivity index (χ1n) is 21.8. The lowest BCUT2D eigenvalue weighted by Crippen LogP contribution is -2.60. The molecule has 5 atom stereocenters. The van der Waals surface area contributed by atoms with E-state index in [9.17, 15) is 24.0 Å². The van der Waals surface area contributed by atoms with Gasteiger partial charge in [0.25, 0.3) is 0 Å². The van der Waals surface area contributed by atoms with E-state index in [1.54, 1.807) is 0 Å². The Morgan fingerprint density at radius 2 is 1.48 bits per heavy atom. The van der Waals surface area contributed by atoms with Crippen LogP contribution >= 0.6 is 0 Å². The number of aryl methyl sites for hydroxylation is 1. The zero-order valence-corrected chi connectivity index (χ0v) is 37.5. The van der Waals surface area contributed by atoms with Crippen molar-refractivity contribution in [1.29, 1.82) is 0 Å². The minimum atomic E-state index is -1.28. The predicted molar refractivity (Wildman–Crippen MR) is 232 cm³/mol. The normalized spacial score (nSPS) is 23.0. The molecule has 4 heterocycles. The number of amides is 1. The number of benzene rings is 2. The Labute approximate surface area is 364 Å². The van der Waals surface area contributed by atoms with Gasteiger partial charge in [0.05, 0.1) is 5.52 Å². The molecule has 3 aliphatic rings. The third-order valence-electron chi connectivity index (χ3n) is 11.9. The molecule has 0 N–H and O–H groups in total. The maximum absolute atomic E-state index is 12.6. The Morgan fingerprint density at radius 3 is 2.13 bits per heavy atom. The van der Waals surface area contributed by atoms with Crippen LogP contribution in [-0.2, 0) is 54.0 Å². The van der Waals surface area contributed by atoms with Gasteiger partial charge in [-0.15, -0.1) is 0 Å². The molecular formula is C48H63N3O11. The summed E-state index contributed by atoms with van der Waals surface area (Å²) in [6.45, 7) is 17.0. The van der Waals surface area contributed by atoms with Crippen LogP contribution in [0.3, 0.4) is 0 Å². The third-order valence-corrected chi connectivity index (χ3v) is 11.9. The van der Waals surface area contributed by atoms with Crippen LogP contribution in [0.15, 0.2) is 54.7 Å². The van der Waals surface area contributed by atoms with Crippen molar-refractivity contribution in [2.75, 3.05) is 39.3 Å². The second kappa shape index (κ2) is 19.9. The summed E-state index contributed by atoms with van der Waals surface area (Å²) < 4.78 is 36.4. The van der Waals surface area contributed by atoms with Crippen molar-refractivity contribution in [2.24, 2.45) is 5.41 Å². The molecule has 14 nitrogen and oxygen atoms in total. The minimum Gasteiger partial charge on any atom is -0.463 e. The molecular weight excluding hydrogens is 795 g/mol. The van der Waals surface area contributed by atoms with Crippen molar-refractivity contribution in [3.05, 3.63) is 77.0 Å². The average Bonchev–Trinajstić information content (AvgIpc) is 3.56. The highest BCUT2D eigenvalue weighted by Crippen LogP contribution is 2.41. The first kappa shape index (κ1) is 46.3. The van der Waals surface area contributed by atoms with Crippen molar-refractivity contribution in [2.45, 2.75) is 130 Å². The Bertz CT molecular complexity index is 2110. The van der Waals surface area contributed by atoms with Gasteiger partial charge in [-0.3, -0.25) is 19.2 Å². The van der Waals surface area contributed by atoms with Gasteiger partial charge in [-0.2, -0.15) is 0 Å². The molecule has 2 aromatic carbocycles. The molecule has 336 valence electrons. The summed E-state index contributed by atoms with van der Waals surface area (Å²) >= 11 is 0. The number of likely N-dealkylation sites (tertiary alicyclic amines) is 2. The van der Waals surface area contributed by atoms with Crippen molar-refractivity contribution in [1.82, 2.24) is 14.4 Å². The molecule has 1 spiro atoms. The fraction of sp³-hybridized carbons (Fsp3) is 0.562. The Hall–Kier alpha value is -5.21. The Balaban J connectivity index is 1.15. The summed E-state index contributed by atoms with van der Waals surface area (Å²) in [5.41, 5.74) is 4.77. The molecule has 0 unspecified atom stereocenters. The number of ether oxygens (including phenoxy) is 6. The summed E-state index contributed by atoms with van der Waals surface area (Å²) in [4.78, 5) is 66.3. The van der Waals surface area contributed by atoms with Gasteiger partial charge >= 0.3 is 30.0 Å². The largest absolute Gasteiger partial charge is 0.463 e. The number of rotatable bonds is 12. The van der Waals surface area contributed by atoms with Crippen LogP contribution in [0.1, 0.15) is 109 Å². The van der Waals surface area contributed by atoms with E-state index in [0.29, 0.717) is 6.42 Å². The van der Waals surface area contributed by atoms with E-state index < -0.39 is 60.1 Å². The molecule has 14 heteroatoms. The van der Waals surface area contributed by atoms with Crippen molar-refractivity contribution < 1.29 is 52.4 Å². The van der Waals surface area contributed by atoms with E-state index in [0.717, 1.165) is 85.1 Å². The van der Waals surface area contributed by atoms with E-state index in [4.69, 9.17) is 28.4 Å². The van der Waals surface area contributed by atoms with E-state index in [1.165, 1.54) is 40.5 Å². The maximum atomic E-state index is 12.6. The van der Waals surface area contributed by atoms with E-state index in [2.05, 4.69) is 41.3 Å². The number of carbonyl (C=O) groups is 5. The van der Waals surface area contributed by atoms with E-state index >= 15 is 0 Å². The van der Waals surface area contributed by atoms with Crippen LogP contribution in [0.5, 0.6) is 0 Å². The van der Waals surface area contributed by atoms with Gasteiger partial charge in [0.2, 0.25) is 0 Å². The number of fused-ring (bicyclic) bond motifs is 1. The van der Waals surface area contributed by atoms with Gasteiger partial charge in [0.15, 0.2) is 24.5 Å². The standard InChI is InChI=1S/C48H63N3O11/c1-31-13-11-15-39-41(31)38(28-51(39)45-44(60-35(5)55)43(59-34(4)54)42(58-33(3)53)40(61-45)29-57-32(2)52)27-37-18-16-36(17-19-37)14-9-10-23-49-24-12-20-48(30-49)21-25-50(26-22-48)46(56)62-47(6,7)8/h9,11,13-19,28,40,42-45H,10,12,20-27,29-30H2,1-8H3/b14-9+/t40-,42-,43+,44-,45-/m1/s1. The van der Waals surface area contributed by atoms with E-state index in [-0.39, 0.29) is 18.1 Å². The van der Waals surface area contributed by atoms with Gasteiger partial charge in [0, 0.05) is 65.5 Å². The number of hydrogen-bond acceptors (Lipinski definition) is 12. The molecule has 3 aromatic rings. The molecule has 0 aliphatic carbocycles. The molecule has 6 rings (SSSR count). The third kappa shape index (κ3) is 11.8. The smallest absolute Gasteiger partial charge is 0.410 e. The maximum Gasteiger partial charge on any atom is 0.410 e. The molecule has 0 saturated carbocycles. The number of aromatic nitrogens is 1. The summed E-state index contributed by atoms with van der Waals surface area (Å²) in [5, 5.41) is 0.984. The molecule has 1 aromatic heterocycles. The fourth-order valence-corrected chi connectivity index (χ4v) is 9.20. The monoisotopic (exact) mass is 857 g/mol. The molecule has 62 heavy (non-hydrogen) atoms. The lowest BCUT2D eigenvalue weighted by atomic mass is 9.72. The summed E-state index contributed by atoms with van der Waals surface area (Å²) in [5.74, 6) is -2.60. The average molecular weight is 858 g/mol. The van der Waals surface area contributed by atoms with Gasteiger partial charge in [-0.05, 0) is 106 Å². The van der Waals surface area contributed by atoms with Gasteiger partial charge < -0.3 is 42.8 Å². The molecule has 3 aliphatic heterocycles. The number of carbonyl (C=O) groups excluding carboxylic acids is 5. The Morgan fingerprint density at radius 1 is 0.823 bits per heavy atom. The van der Waals surface area contributed by atoms with Gasteiger partial charge in [0.1, 0.15) is 18.3 Å². The zero-order valence-electron chi connectivity index (χ0n) is 37.5. The van der Waals surface area contributed by atoms with Crippen LogP contribution in [0.2, 0.25) is 0 Å². The van der Waals surface area contributed by atoms with Crippen molar-refractivity contribution in [3.63, 3.8) is 0 Å². The molecule has 0 radical (unpaired) electrons. The number of esters is 4. The molecule has 3 saturated heterocycles. The number of piperidine rings is 2. The highest BCUT2D eigenvalue weighted by Gasteiger charge is 2.53. The van der Waals surface area contributed by atoms with Crippen LogP contribution in [0.25, 0.3) is 17.0 Å².